The number of carbonyl (C=O) groups excluding carboxylic acids is 1. The minimum Gasteiger partial charge on any atom is -0.405 e. The molecule has 2 aromatic rings. The molecule has 2 rings (SSSR count). The predicted molar refractivity (Wildman–Crippen MR) is 94.3 cm³/mol. The Morgan fingerprint density at radius 3 is 2.46 bits per heavy atom. The molecule has 0 unspecified atom stereocenters. The predicted octanol–water partition coefficient (Wildman–Crippen LogP) is 5.34. The number of aryl methyl sites for hydroxylation is 1. The summed E-state index contributed by atoms with van der Waals surface area (Å²) >= 11 is 0. The molecule has 0 aliphatic carbocycles. The average Bonchev–Trinajstić information content (AvgIpc) is 2.54. The largest absolute Gasteiger partial charge is 0.573 e. The first-order valence-electron chi connectivity index (χ1n) is 8.15. The summed E-state index contributed by atoms with van der Waals surface area (Å²) in [4.78, 5) is 12.2. The van der Waals surface area contributed by atoms with Crippen molar-refractivity contribution in [2.45, 2.75) is 39.6 Å². The van der Waals surface area contributed by atoms with E-state index < -0.39 is 12.4 Å². The first-order valence-corrected chi connectivity index (χ1v) is 8.15. The smallest absolute Gasteiger partial charge is 0.405 e. The highest BCUT2D eigenvalue weighted by atomic mass is 19.4. The summed E-state index contributed by atoms with van der Waals surface area (Å²) in [6.45, 7) is 5.82. The maximum Gasteiger partial charge on any atom is 0.573 e. The maximum absolute atomic E-state index is 12.5. The highest BCUT2D eigenvalue weighted by Gasteiger charge is 2.32. The Kier molecular flexibility index (Phi) is 6.13. The lowest BCUT2D eigenvalue weighted by molar-refractivity contribution is -0.274. The molecule has 0 bridgehead atoms. The van der Waals surface area contributed by atoms with Crippen LogP contribution >= 0.6 is 0 Å². The lowest BCUT2D eigenvalue weighted by atomic mass is 9.98. The van der Waals surface area contributed by atoms with Crippen LogP contribution in [0.3, 0.4) is 0 Å². The second-order valence-electron chi connectivity index (χ2n) is 6.16. The molecule has 0 aliphatic heterocycles. The number of hydrogen-bond acceptors (Lipinski definition) is 2. The molecule has 0 aliphatic rings. The SMILES string of the molecule is Cc1cccc(C(C)C)c1NC(=O)NCc1ccccc1OC(F)(F)F. The third kappa shape index (κ3) is 5.40. The Balaban J connectivity index is 2.07. The summed E-state index contributed by atoms with van der Waals surface area (Å²) in [5.74, 6) is -0.120. The zero-order chi connectivity index (χ0) is 19.3. The second-order valence-corrected chi connectivity index (χ2v) is 6.16. The van der Waals surface area contributed by atoms with Crippen molar-refractivity contribution in [2.24, 2.45) is 0 Å². The zero-order valence-electron chi connectivity index (χ0n) is 14.8. The van der Waals surface area contributed by atoms with Crippen molar-refractivity contribution < 1.29 is 22.7 Å². The number of urea groups is 1. The molecule has 0 atom stereocenters. The third-order valence-corrected chi connectivity index (χ3v) is 3.80. The highest BCUT2D eigenvalue weighted by molar-refractivity contribution is 5.91. The van der Waals surface area contributed by atoms with Crippen molar-refractivity contribution >= 4 is 11.7 Å². The van der Waals surface area contributed by atoms with Gasteiger partial charge in [0.25, 0.3) is 0 Å². The van der Waals surface area contributed by atoms with Gasteiger partial charge in [-0.15, -0.1) is 13.2 Å². The van der Waals surface area contributed by atoms with Gasteiger partial charge in [-0.3, -0.25) is 0 Å². The van der Waals surface area contributed by atoms with E-state index in [2.05, 4.69) is 15.4 Å². The monoisotopic (exact) mass is 366 g/mol. The molecule has 26 heavy (non-hydrogen) atoms. The fourth-order valence-electron chi connectivity index (χ4n) is 2.55. The van der Waals surface area contributed by atoms with Crippen LogP contribution in [0.15, 0.2) is 42.5 Å². The van der Waals surface area contributed by atoms with Crippen LogP contribution in [0.1, 0.15) is 36.5 Å². The minimum absolute atomic E-state index is 0.0963. The van der Waals surface area contributed by atoms with Gasteiger partial charge in [-0.05, 0) is 30.0 Å². The van der Waals surface area contributed by atoms with Gasteiger partial charge in [0.05, 0.1) is 0 Å². The number of anilines is 1. The summed E-state index contributed by atoms with van der Waals surface area (Å²) < 4.78 is 41.3. The van der Waals surface area contributed by atoms with E-state index in [0.29, 0.717) is 5.69 Å². The molecule has 0 spiro atoms. The number of carbonyl (C=O) groups is 1. The minimum atomic E-state index is -4.79. The van der Waals surface area contributed by atoms with Crippen LogP contribution in [0.4, 0.5) is 23.7 Å². The van der Waals surface area contributed by atoms with Crippen molar-refractivity contribution in [3.05, 3.63) is 59.2 Å². The van der Waals surface area contributed by atoms with Crippen LogP contribution in [-0.2, 0) is 6.54 Å². The standard InChI is InChI=1S/C19H21F3N2O2/c1-12(2)15-9-6-7-13(3)17(15)24-18(25)23-11-14-8-4-5-10-16(14)26-19(20,21)22/h4-10,12H,11H2,1-3H3,(H2,23,24,25). The fraction of sp³-hybridized carbons (Fsp3) is 0.316. The number of halogens is 3. The summed E-state index contributed by atoms with van der Waals surface area (Å²) in [5.41, 5.74) is 2.83. The Bertz CT molecular complexity index is 774. The molecule has 0 saturated carbocycles. The van der Waals surface area contributed by atoms with E-state index in [1.807, 2.05) is 39.0 Å². The first-order chi connectivity index (χ1) is 12.2. The molecule has 0 aromatic heterocycles. The lowest BCUT2D eigenvalue weighted by Crippen LogP contribution is -2.29. The van der Waals surface area contributed by atoms with E-state index in [9.17, 15) is 18.0 Å². The van der Waals surface area contributed by atoms with E-state index in [1.165, 1.54) is 18.2 Å². The summed E-state index contributed by atoms with van der Waals surface area (Å²) in [6, 6.07) is 10.9. The number of rotatable bonds is 5. The lowest BCUT2D eigenvalue weighted by Gasteiger charge is -2.17. The molecule has 0 fully saturated rings. The average molecular weight is 366 g/mol. The van der Waals surface area contributed by atoms with Crippen LogP contribution in [0, 0.1) is 6.92 Å². The van der Waals surface area contributed by atoms with Crippen molar-refractivity contribution in [1.82, 2.24) is 5.32 Å². The van der Waals surface area contributed by atoms with Crippen molar-refractivity contribution in [1.29, 1.82) is 0 Å². The Morgan fingerprint density at radius 1 is 1.12 bits per heavy atom. The zero-order valence-corrected chi connectivity index (χ0v) is 14.8. The number of ether oxygens (including phenoxy) is 1. The summed E-state index contributed by atoms with van der Waals surface area (Å²) in [6.07, 6.45) is -4.79. The summed E-state index contributed by atoms with van der Waals surface area (Å²) in [7, 11) is 0. The van der Waals surface area contributed by atoms with E-state index in [0.717, 1.165) is 11.1 Å². The van der Waals surface area contributed by atoms with Gasteiger partial charge < -0.3 is 15.4 Å². The molecule has 0 heterocycles. The number of hydrogen-bond donors (Lipinski definition) is 2. The quantitative estimate of drug-likeness (QED) is 0.751. The molecule has 140 valence electrons. The van der Waals surface area contributed by atoms with Crippen molar-refractivity contribution in [3.63, 3.8) is 0 Å². The van der Waals surface area contributed by atoms with E-state index in [4.69, 9.17) is 0 Å². The second kappa shape index (κ2) is 8.12. The molecular formula is C19H21F3N2O2. The van der Waals surface area contributed by atoms with Gasteiger partial charge >= 0.3 is 12.4 Å². The van der Waals surface area contributed by atoms with E-state index in [1.54, 1.807) is 6.07 Å². The van der Waals surface area contributed by atoms with Gasteiger partial charge in [0.1, 0.15) is 5.75 Å². The third-order valence-electron chi connectivity index (χ3n) is 3.80. The molecule has 0 radical (unpaired) electrons. The molecular weight excluding hydrogens is 345 g/mol. The fourth-order valence-corrected chi connectivity index (χ4v) is 2.55. The molecule has 2 amide bonds. The summed E-state index contributed by atoms with van der Waals surface area (Å²) in [5, 5.41) is 5.35. The molecule has 2 N–H and O–H groups in total. The van der Waals surface area contributed by atoms with Gasteiger partial charge in [-0.1, -0.05) is 50.2 Å². The van der Waals surface area contributed by atoms with E-state index >= 15 is 0 Å². The van der Waals surface area contributed by atoms with Gasteiger partial charge in [-0.25, -0.2) is 4.79 Å². The van der Waals surface area contributed by atoms with Crippen molar-refractivity contribution in [2.75, 3.05) is 5.32 Å². The van der Waals surface area contributed by atoms with Crippen LogP contribution in [-0.4, -0.2) is 12.4 Å². The topological polar surface area (TPSA) is 50.4 Å². The number of nitrogens with one attached hydrogen (secondary N) is 2. The van der Waals surface area contributed by atoms with Gasteiger partial charge in [-0.2, -0.15) is 0 Å². The maximum atomic E-state index is 12.5. The Labute approximate surface area is 150 Å². The number of para-hydroxylation sites is 2. The van der Waals surface area contributed by atoms with Gasteiger partial charge in [0.2, 0.25) is 0 Å². The molecule has 7 heteroatoms. The number of alkyl halides is 3. The van der Waals surface area contributed by atoms with Crippen LogP contribution in [0.5, 0.6) is 5.75 Å². The molecule has 2 aromatic carbocycles. The Morgan fingerprint density at radius 2 is 1.81 bits per heavy atom. The van der Waals surface area contributed by atoms with E-state index in [-0.39, 0.29) is 23.8 Å². The van der Waals surface area contributed by atoms with Crippen LogP contribution in [0.2, 0.25) is 0 Å². The molecule has 0 saturated heterocycles. The number of amides is 2. The highest BCUT2D eigenvalue weighted by Crippen LogP contribution is 2.28. The van der Waals surface area contributed by atoms with Gasteiger partial charge in [0.15, 0.2) is 0 Å². The number of benzene rings is 2. The van der Waals surface area contributed by atoms with Crippen LogP contribution < -0.4 is 15.4 Å². The molecule has 4 nitrogen and oxygen atoms in total. The van der Waals surface area contributed by atoms with Crippen LogP contribution in [0.25, 0.3) is 0 Å². The first kappa shape index (κ1) is 19.6. The van der Waals surface area contributed by atoms with Crippen molar-refractivity contribution in [3.8, 4) is 5.75 Å². The normalized spacial score (nSPS) is 11.3. The van der Waals surface area contributed by atoms with Gasteiger partial charge in [0, 0.05) is 17.8 Å². The Hall–Kier alpha value is -2.70.